The van der Waals surface area contributed by atoms with E-state index in [2.05, 4.69) is 25.7 Å². The Kier molecular flexibility index (Phi) is 2.24. The first-order valence-electron chi connectivity index (χ1n) is 6.90. The molecule has 4 rings (SSSR count). The van der Waals surface area contributed by atoms with Crippen molar-refractivity contribution in [1.29, 1.82) is 0 Å². The van der Waals surface area contributed by atoms with Crippen molar-refractivity contribution in [3.63, 3.8) is 0 Å². The van der Waals surface area contributed by atoms with Gasteiger partial charge in [0.1, 0.15) is 0 Å². The normalized spacial score (nSPS) is 51.3. The predicted molar refractivity (Wildman–Crippen MR) is 68.4 cm³/mol. The number of carbonyl (C=O) groups excluding carboxylic acids is 1. The molecule has 2 atom stereocenters. The van der Waals surface area contributed by atoms with Gasteiger partial charge in [-0.05, 0) is 68.3 Å². The van der Waals surface area contributed by atoms with Gasteiger partial charge in [-0.1, -0.05) is 13.5 Å². The molecule has 0 aromatic heterocycles. The molecule has 0 spiro atoms. The van der Waals surface area contributed by atoms with Crippen molar-refractivity contribution < 1.29 is 4.79 Å². The molecule has 4 fully saturated rings. The monoisotopic (exact) mass is 233 g/mol. The summed E-state index contributed by atoms with van der Waals surface area (Å²) in [6.07, 6.45) is 8.07. The molecule has 4 bridgehead atoms. The van der Waals surface area contributed by atoms with Crippen LogP contribution in [0.25, 0.3) is 0 Å². The zero-order chi connectivity index (χ0) is 12.3. The molecule has 4 aliphatic rings. The molecule has 2 nitrogen and oxygen atoms in total. The van der Waals surface area contributed by atoms with Crippen molar-refractivity contribution in [2.24, 2.45) is 23.2 Å². The summed E-state index contributed by atoms with van der Waals surface area (Å²) in [6.45, 7) is 8.30. The average Bonchev–Trinajstić information content (AvgIpc) is 2.24. The van der Waals surface area contributed by atoms with E-state index in [1.807, 2.05) is 0 Å². The van der Waals surface area contributed by atoms with E-state index in [1.165, 1.54) is 38.2 Å². The summed E-state index contributed by atoms with van der Waals surface area (Å²) in [7, 11) is 0. The first kappa shape index (κ1) is 11.3. The zero-order valence-electron chi connectivity index (χ0n) is 11.0. The highest BCUT2D eigenvalue weighted by Gasteiger charge is 2.58. The van der Waals surface area contributed by atoms with E-state index in [-0.39, 0.29) is 11.4 Å². The Morgan fingerprint density at radius 1 is 1.24 bits per heavy atom. The van der Waals surface area contributed by atoms with Crippen LogP contribution in [-0.4, -0.2) is 11.4 Å². The fourth-order valence-electron chi connectivity index (χ4n) is 5.14. The van der Waals surface area contributed by atoms with Crippen LogP contribution in [0, 0.1) is 23.2 Å². The van der Waals surface area contributed by atoms with Crippen molar-refractivity contribution in [3.05, 3.63) is 12.7 Å². The lowest BCUT2D eigenvalue weighted by molar-refractivity contribution is -0.133. The first-order chi connectivity index (χ1) is 7.95. The lowest BCUT2D eigenvalue weighted by atomic mass is 9.44. The molecule has 94 valence electrons. The molecule has 0 heterocycles. The second-order valence-electron chi connectivity index (χ2n) is 7.13. The fraction of sp³-hybridized carbons (Fsp3) is 0.800. The van der Waals surface area contributed by atoms with Gasteiger partial charge in [0.05, 0.1) is 0 Å². The Hall–Kier alpha value is -0.790. The molecular formula is C15H23NO. The van der Waals surface area contributed by atoms with Gasteiger partial charge in [0.15, 0.2) is 0 Å². The van der Waals surface area contributed by atoms with E-state index in [9.17, 15) is 4.79 Å². The molecule has 2 heteroatoms. The topological polar surface area (TPSA) is 29.1 Å². The van der Waals surface area contributed by atoms with E-state index in [0.717, 1.165) is 5.92 Å². The lowest BCUT2D eigenvalue weighted by Gasteiger charge is -2.63. The third-order valence-electron chi connectivity index (χ3n) is 5.77. The first-order valence-corrected chi connectivity index (χ1v) is 6.90. The van der Waals surface area contributed by atoms with Gasteiger partial charge in [-0.25, -0.2) is 0 Å². The van der Waals surface area contributed by atoms with E-state index in [0.29, 0.717) is 17.3 Å². The van der Waals surface area contributed by atoms with Crippen molar-refractivity contribution in [3.8, 4) is 0 Å². The van der Waals surface area contributed by atoms with Crippen molar-refractivity contribution in [2.45, 2.75) is 51.5 Å². The van der Waals surface area contributed by atoms with Crippen LogP contribution in [0.15, 0.2) is 12.7 Å². The Labute approximate surface area is 104 Å². The summed E-state index contributed by atoms with van der Waals surface area (Å²) < 4.78 is 0. The Morgan fingerprint density at radius 2 is 1.82 bits per heavy atom. The van der Waals surface area contributed by atoms with Crippen LogP contribution >= 0.6 is 0 Å². The number of hydrogen-bond acceptors (Lipinski definition) is 1. The predicted octanol–water partition coefficient (Wildman–Crippen LogP) is 2.89. The minimum absolute atomic E-state index is 0.00475. The van der Waals surface area contributed by atoms with Crippen molar-refractivity contribution in [1.82, 2.24) is 5.32 Å². The second-order valence-corrected chi connectivity index (χ2v) is 7.13. The molecule has 4 saturated carbocycles. The van der Waals surface area contributed by atoms with Crippen LogP contribution in [0.5, 0.6) is 0 Å². The summed E-state index contributed by atoms with van der Waals surface area (Å²) in [5.41, 5.74) is 0.594. The third-order valence-corrected chi connectivity index (χ3v) is 5.77. The Morgan fingerprint density at radius 3 is 2.29 bits per heavy atom. The van der Waals surface area contributed by atoms with Crippen LogP contribution < -0.4 is 5.32 Å². The van der Waals surface area contributed by atoms with Gasteiger partial charge < -0.3 is 5.32 Å². The minimum Gasteiger partial charge on any atom is -0.347 e. The standard InChI is InChI=1S/C15H23NO/c1-4-13(17)16-15(3)11-5-10-6-12(15)9-14(2,7-10)8-11/h4,10-12H,1,5-9H2,2-3H3,(H,16,17). The molecule has 1 N–H and O–H groups in total. The fourth-order valence-corrected chi connectivity index (χ4v) is 5.14. The zero-order valence-corrected chi connectivity index (χ0v) is 11.0. The SMILES string of the molecule is C=CC(=O)NC1(C)C2CC3CC1CC(C)(C3)C2. The quantitative estimate of drug-likeness (QED) is 0.730. The van der Waals surface area contributed by atoms with E-state index < -0.39 is 0 Å². The maximum absolute atomic E-state index is 11.7. The van der Waals surface area contributed by atoms with Crippen LogP contribution in [-0.2, 0) is 4.79 Å². The Bertz CT molecular complexity index is 357. The highest BCUT2D eigenvalue weighted by atomic mass is 16.1. The largest absolute Gasteiger partial charge is 0.347 e. The minimum atomic E-state index is 0.00475. The summed E-state index contributed by atoms with van der Waals surface area (Å²) in [4.78, 5) is 11.7. The molecular weight excluding hydrogens is 210 g/mol. The van der Waals surface area contributed by atoms with Crippen LogP contribution in [0.4, 0.5) is 0 Å². The number of nitrogens with one attached hydrogen (secondary N) is 1. The summed E-state index contributed by atoms with van der Waals surface area (Å²) >= 11 is 0. The van der Waals surface area contributed by atoms with Crippen molar-refractivity contribution >= 4 is 5.91 Å². The smallest absolute Gasteiger partial charge is 0.243 e. The molecule has 2 unspecified atom stereocenters. The van der Waals surface area contributed by atoms with Gasteiger partial charge >= 0.3 is 0 Å². The van der Waals surface area contributed by atoms with Crippen molar-refractivity contribution in [2.75, 3.05) is 0 Å². The van der Waals surface area contributed by atoms with E-state index in [4.69, 9.17) is 0 Å². The molecule has 1 amide bonds. The maximum atomic E-state index is 11.7. The van der Waals surface area contributed by atoms with Crippen LogP contribution in [0.3, 0.4) is 0 Å². The van der Waals surface area contributed by atoms with Gasteiger partial charge in [-0.2, -0.15) is 0 Å². The van der Waals surface area contributed by atoms with Crippen LogP contribution in [0.2, 0.25) is 0 Å². The highest BCUT2D eigenvalue weighted by molar-refractivity contribution is 5.87. The van der Waals surface area contributed by atoms with Gasteiger partial charge in [0, 0.05) is 5.54 Å². The molecule has 0 aromatic carbocycles. The third kappa shape index (κ3) is 1.56. The summed E-state index contributed by atoms with van der Waals surface area (Å²) in [5, 5.41) is 3.25. The average molecular weight is 233 g/mol. The Balaban J connectivity index is 1.88. The summed E-state index contributed by atoms with van der Waals surface area (Å²) in [5.74, 6) is 2.29. The second kappa shape index (κ2) is 3.37. The number of hydrogen-bond donors (Lipinski definition) is 1. The van der Waals surface area contributed by atoms with Gasteiger partial charge in [0.2, 0.25) is 5.91 Å². The maximum Gasteiger partial charge on any atom is 0.243 e. The van der Waals surface area contributed by atoms with E-state index in [1.54, 1.807) is 0 Å². The molecule has 0 radical (unpaired) electrons. The van der Waals surface area contributed by atoms with Crippen LogP contribution in [0.1, 0.15) is 46.0 Å². The van der Waals surface area contributed by atoms with E-state index >= 15 is 0 Å². The molecule has 0 saturated heterocycles. The highest BCUT2D eigenvalue weighted by Crippen LogP contribution is 2.63. The molecule has 4 aliphatic carbocycles. The molecule has 17 heavy (non-hydrogen) atoms. The number of carbonyl (C=O) groups is 1. The summed E-state index contributed by atoms with van der Waals surface area (Å²) in [6, 6.07) is 0. The number of rotatable bonds is 2. The van der Waals surface area contributed by atoms with Gasteiger partial charge in [0.25, 0.3) is 0 Å². The molecule has 0 aromatic rings. The van der Waals surface area contributed by atoms with Gasteiger partial charge in [-0.3, -0.25) is 4.79 Å². The van der Waals surface area contributed by atoms with Gasteiger partial charge in [-0.15, -0.1) is 0 Å². The molecule has 0 aliphatic heterocycles. The number of amides is 1. The lowest BCUT2D eigenvalue weighted by Crippen LogP contribution is -2.66.